The second-order valence-electron chi connectivity index (χ2n) is 6.92. The third-order valence-corrected chi connectivity index (χ3v) is 4.91. The molecular weight excluding hydrogens is 356 g/mol. The molecule has 1 N–H and O–H groups in total. The Hall–Kier alpha value is -2.90. The maximum absolute atomic E-state index is 12.9. The first-order valence-electron chi connectivity index (χ1n) is 9.44. The molecule has 2 aromatic heterocycles. The molecule has 0 spiro atoms. The number of likely N-dealkylation sites (tertiary alicyclic amines) is 1. The van der Waals surface area contributed by atoms with Crippen molar-refractivity contribution in [3.05, 3.63) is 66.4 Å². The summed E-state index contributed by atoms with van der Waals surface area (Å²) in [5.74, 6) is 1.67. The summed E-state index contributed by atoms with van der Waals surface area (Å²) < 4.78 is 12.6. The summed E-state index contributed by atoms with van der Waals surface area (Å²) in [4.78, 5) is 15.1. The van der Waals surface area contributed by atoms with Crippen molar-refractivity contribution in [1.29, 1.82) is 0 Å². The van der Waals surface area contributed by atoms with Gasteiger partial charge in [-0.3, -0.25) is 9.69 Å². The molecule has 146 valence electrons. The molecule has 3 heterocycles. The molecule has 1 fully saturated rings. The van der Waals surface area contributed by atoms with Crippen LogP contribution in [-0.4, -0.2) is 40.3 Å². The van der Waals surface area contributed by atoms with Crippen molar-refractivity contribution in [3.8, 4) is 5.69 Å². The number of benzene rings is 1. The van der Waals surface area contributed by atoms with Crippen molar-refractivity contribution in [3.63, 3.8) is 0 Å². The van der Waals surface area contributed by atoms with Gasteiger partial charge in [0.1, 0.15) is 18.1 Å². The van der Waals surface area contributed by atoms with E-state index < -0.39 is 0 Å². The highest BCUT2D eigenvalue weighted by Gasteiger charge is 2.31. The Labute approximate surface area is 163 Å². The number of hydrogen-bond acceptors (Lipinski definition) is 5. The van der Waals surface area contributed by atoms with E-state index in [4.69, 9.17) is 9.15 Å². The third-order valence-electron chi connectivity index (χ3n) is 4.91. The molecule has 3 aromatic rings. The molecule has 0 unspecified atom stereocenters. The van der Waals surface area contributed by atoms with E-state index in [9.17, 15) is 4.79 Å². The van der Waals surface area contributed by atoms with Crippen LogP contribution < -0.4 is 5.32 Å². The van der Waals surface area contributed by atoms with Crippen molar-refractivity contribution in [2.45, 2.75) is 32.0 Å². The largest absolute Gasteiger partial charge is 0.462 e. The number of anilines is 1. The molecule has 0 radical (unpaired) electrons. The molecule has 1 saturated heterocycles. The zero-order chi connectivity index (χ0) is 19.3. The highest BCUT2D eigenvalue weighted by molar-refractivity contribution is 5.95. The van der Waals surface area contributed by atoms with Crippen LogP contribution in [0.3, 0.4) is 0 Å². The lowest BCUT2D eigenvalue weighted by molar-refractivity contribution is -0.120. The number of aromatic nitrogens is 2. The van der Waals surface area contributed by atoms with Gasteiger partial charge in [-0.2, -0.15) is 5.10 Å². The predicted molar refractivity (Wildman–Crippen MR) is 105 cm³/mol. The molecule has 1 aliphatic heterocycles. The standard InChI is InChI=1S/C21H24N4O3/c1-27-15-19-9-8-18(28-19)14-24-11-3-7-20(24)21(26)23-16-5-2-6-17(13-16)25-12-4-10-22-25/h2,4-6,8-10,12-13,20H,3,7,11,14-15H2,1H3,(H,23,26)/t20-/m0/s1. The van der Waals surface area contributed by atoms with Gasteiger partial charge >= 0.3 is 0 Å². The molecule has 1 aromatic carbocycles. The van der Waals surface area contributed by atoms with E-state index in [0.717, 1.165) is 42.3 Å². The number of methoxy groups -OCH3 is 1. The minimum Gasteiger partial charge on any atom is -0.462 e. The highest BCUT2D eigenvalue weighted by atomic mass is 16.5. The summed E-state index contributed by atoms with van der Waals surface area (Å²) in [6.07, 6.45) is 5.45. The lowest BCUT2D eigenvalue weighted by Crippen LogP contribution is -2.39. The van der Waals surface area contributed by atoms with Crippen LogP contribution in [0.4, 0.5) is 5.69 Å². The zero-order valence-corrected chi connectivity index (χ0v) is 15.9. The number of amides is 1. The van der Waals surface area contributed by atoms with E-state index in [2.05, 4.69) is 15.3 Å². The minimum absolute atomic E-state index is 0.0128. The Bertz CT molecular complexity index is 919. The number of carbonyl (C=O) groups is 1. The number of hydrogen-bond donors (Lipinski definition) is 1. The fraction of sp³-hybridized carbons (Fsp3) is 0.333. The van der Waals surface area contributed by atoms with Crippen LogP contribution >= 0.6 is 0 Å². The highest BCUT2D eigenvalue weighted by Crippen LogP contribution is 2.23. The van der Waals surface area contributed by atoms with Gasteiger partial charge in [-0.1, -0.05) is 6.07 Å². The number of ether oxygens (including phenoxy) is 1. The SMILES string of the molecule is COCc1ccc(CN2CCC[C@H]2C(=O)Nc2cccc(-n3cccn3)c2)o1. The van der Waals surface area contributed by atoms with Crippen LogP contribution in [0, 0.1) is 0 Å². The van der Waals surface area contributed by atoms with Crippen LogP contribution in [0.25, 0.3) is 5.69 Å². The van der Waals surface area contributed by atoms with Crippen LogP contribution in [-0.2, 0) is 22.7 Å². The number of nitrogens with zero attached hydrogens (tertiary/aromatic N) is 3. The second kappa shape index (κ2) is 8.41. The monoisotopic (exact) mass is 380 g/mol. The summed E-state index contributed by atoms with van der Waals surface area (Å²) in [6, 6.07) is 13.3. The third kappa shape index (κ3) is 4.16. The van der Waals surface area contributed by atoms with E-state index in [1.807, 2.05) is 48.7 Å². The van der Waals surface area contributed by atoms with Gasteiger partial charge in [0.2, 0.25) is 5.91 Å². The molecule has 28 heavy (non-hydrogen) atoms. The summed E-state index contributed by atoms with van der Waals surface area (Å²) in [5, 5.41) is 7.29. The molecule has 1 aliphatic rings. The quantitative estimate of drug-likeness (QED) is 0.681. The summed E-state index contributed by atoms with van der Waals surface area (Å²) in [7, 11) is 1.64. The van der Waals surface area contributed by atoms with Crippen molar-refractivity contribution >= 4 is 11.6 Å². The molecule has 1 amide bonds. The lowest BCUT2D eigenvalue weighted by Gasteiger charge is -2.22. The maximum atomic E-state index is 12.9. The molecule has 7 nitrogen and oxygen atoms in total. The van der Waals surface area contributed by atoms with Gasteiger partial charge in [0.05, 0.1) is 18.3 Å². The first-order valence-corrected chi connectivity index (χ1v) is 9.44. The van der Waals surface area contributed by atoms with E-state index in [1.165, 1.54) is 0 Å². The topological polar surface area (TPSA) is 72.5 Å². The Kier molecular flexibility index (Phi) is 5.55. The van der Waals surface area contributed by atoms with Gasteiger partial charge in [-0.15, -0.1) is 0 Å². The van der Waals surface area contributed by atoms with E-state index >= 15 is 0 Å². The number of nitrogens with one attached hydrogen (secondary N) is 1. The van der Waals surface area contributed by atoms with Gasteiger partial charge in [-0.05, 0) is 55.8 Å². The van der Waals surface area contributed by atoms with Crippen molar-refractivity contribution in [1.82, 2.24) is 14.7 Å². The van der Waals surface area contributed by atoms with Gasteiger partial charge in [0.15, 0.2) is 0 Å². The van der Waals surface area contributed by atoms with Crippen LogP contribution in [0.15, 0.2) is 59.3 Å². The fourth-order valence-corrected chi connectivity index (χ4v) is 3.61. The Morgan fingerprint density at radius 2 is 2.18 bits per heavy atom. The van der Waals surface area contributed by atoms with Gasteiger partial charge < -0.3 is 14.5 Å². The Morgan fingerprint density at radius 1 is 1.29 bits per heavy atom. The molecule has 4 rings (SSSR count). The molecule has 0 aliphatic carbocycles. The second-order valence-corrected chi connectivity index (χ2v) is 6.92. The molecule has 7 heteroatoms. The number of rotatable bonds is 7. The first kappa shape index (κ1) is 18.5. The lowest BCUT2D eigenvalue weighted by atomic mass is 10.2. The van der Waals surface area contributed by atoms with E-state index in [1.54, 1.807) is 18.0 Å². The Morgan fingerprint density at radius 3 is 3.00 bits per heavy atom. The van der Waals surface area contributed by atoms with Crippen molar-refractivity contribution < 1.29 is 13.9 Å². The number of furan rings is 1. The summed E-state index contributed by atoms with van der Waals surface area (Å²) in [5.41, 5.74) is 1.68. The summed E-state index contributed by atoms with van der Waals surface area (Å²) >= 11 is 0. The van der Waals surface area contributed by atoms with Gasteiger partial charge in [0, 0.05) is 25.2 Å². The van der Waals surface area contributed by atoms with Crippen molar-refractivity contribution in [2.75, 3.05) is 19.0 Å². The van der Waals surface area contributed by atoms with E-state index in [0.29, 0.717) is 13.2 Å². The Balaban J connectivity index is 1.41. The smallest absolute Gasteiger partial charge is 0.241 e. The number of carbonyl (C=O) groups excluding carboxylic acids is 1. The normalized spacial score (nSPS) is 17.1. The average Bonchev–Trinajstić information content (AvgIpc) is 3.45. The first-order chi connectivity index (χ1) is 13.7. The summed E-state index contributed by atoms with van der Waals surface area (Å²) in [6.45, 7) is 1.96. The van der Waals surface area contributed by atoms with Crippen LogP contribution in [0.2, 0.25) is 0 Å². The van der Waals surface area contributed by atoms with E-state index in [-0.39, 0.29) is 11.9 Å². The molecule has 0 bridgehead atoms. The zero-order valence-electron chi connectivity index (χ0n) is 15.9. The van der Waals surface area contributed by atoms with Gasteiger partial charge in [0.25, 0.3) is 0 Å². The average molecular weight is 380 g/mol. The predicted octanol–water partition coefficient (Wildman–Crippen LogP) is 3.21. The fourth-order valence-electron chi connectivity index (χ4n) is 3.61. The maximum Gasteiger partial charge on any atom is 0.241 e. The molecular formula is C21H24N4O3. The molecule has 1 atom stereocenters. The van der Waals surface area contributed by atoms with Gasteiger partial charge in [-0.25, -0.2) is 4.68 Å². The van der Waals surface area contributed by atoms with Crippen LogP contribution in [0.1, 0.15) is 24.4 Å². The van der Waals surface area contributed by atoms with Crippen LogP contribution in [0.5, 0.6) is 0 Å². The van der Waals surface area contributed by atoms with Crippen molar-refractivity contribution in [2.24, 2.45) is 0 Å². The molecule has 0 saturated carbocycles. The minimum atomic E-state index is -0.163.